The quantitative estimate of drug-likeness (QED) is 0.727. The second kappa shape index (κ2) is 6.78. The summed E-state index contributed by atoms with van der Waals surface area (Å²) in [5.74, 6) is 0. The van der Waals surface area contributed by atoms with Gasteiger partial charge < -0.3 is 4.74 Å². The van der Waals surface area contributed by atoms with Crippen LogP contribution in [0.4, 0.5) is 0 Å². The highest BCUT2D eigenvalue weighted by Crippen LogP contribution is 2.23. The molecule has 0 N–H and O–H groups in total. The molecule has 0 aliphatic carbocycles. The van der Waals surface area contributed by atoms with Gasteiger partial charge in [0.25, 0.3) is 0 Å². The summed E-state index contributed by atoms with van der Waals surface area (Å²) < 4.78 is 9.54. The van der Waals surface area contributed by atoms with E-state index in [0.717, 1.165) is 37.5 Å². The molecule has 1 fully saturated rings. The number of hydrogen-bond donors (Lipinski definition) is 0. The molecule has 1 saturated heterocycles. The maximum atomic E-state index is 5.92. The van der Waals surface area contributed by atoms with Crippen LogP contribution >= 0.6 is 0 Å². The molecule has 3 heterocycles. The molecule has 0 spiro atoms. The fourth-order valence-electron chi connectivity index (χ4n) is 3.32. The van der Waals surface area contributed by atoms with Crippen LogP contribution in [0.2, 0.25) is 0 Å². The van der Waals surface area contributed by atoms with E-state index >= 15 is 0 Å². The van der Waals surface area contributed by atoms with E-state index in [2.05, 4.69) is 45.2 Å². The lowest BCUT2D eigenvalue weighted by molar-refractivity contribution is -0.0329. The van der Waals surface area contributed by atoms with Gasteiger partial charge in [-0.3, -0.25) is 9.58 Å². The zero-order valence-corrected chi connectivity index (χ0v) is 14.5. The Kier molecular flexibility index (Phi) is 4.33. The SMILES string of the molecule is Cc1cc(CN2CCO[C@H](c3cnn(C)c3)C2)ccc1-n1cncn1. The Morgan fingerprint density at radius 3 is 2.92 bits per heavy atom. The first kappa shape index (κ1) is 16.0. The van der Waals surface area contributed by atoms with E-state index in [1.54, 1.807) is 17.3 Å². The highest BCUT2D eigenvalue weighted by molar-refractivity contribution is 5.41. The summed E-state index contributed by atoms with van der Waals surface area (Å²) in [4.78, 5) is 6.45. The van der Waals surface area contributed by atoms with E-state index in [9.17, 15) is 0 Å². The summed E-state index contributed by atoms with van der Waals surface area (Å²) in [6, 6.07) is 6.50. The Morgan fingerprint density at radius 2 is 2.20 bits per heavy atom. The number of ether oxygens (including phenoxy) is 1. The monoisotopic (exact) mass is 338 g/mol. The standard InChI is InChI=1S/C18H22N6O/c1-14-7-15(3-4-17(14)24-13-19-12-21-24)9-23-5-6-25-18(11-23)16-8-20-22(2)10-16/h3-4,7-8,10,12-13,18H,5-6,9,11H2,1-2H3/t18-/m0/s1. The van der Waals surface area contributed by atoms with Gasteiger partial charge in [-0.2, -0.15) is 10.2 Å². The van der Waals surface area contributed by atoms with E-state index in [1.807, 2.05) is 24.1 Å². The summed E-state index contributed by atoms with van der Waals surface area (Å²) in [6.45, 7) is 5.60. The number of aryl methyl sites for hydroxylation is 2. The second-order valence-electron chi connectivity index (χ2n) is 6.50. The molecule has 4 rings (SSSR count). The number of rotatable bonds is 4. The predicted octanol–water partition coefficient (Wildman–Crippen LogP) is 1.88. The van der Waals surface area contributed by atoms with E-state index in [4.69, 9.17) is 4.74 Å². The molecule has 1 aromatic carbocycles. The van der Waals surface area contributed by atoms with Gasteiger partial charge in [-0.15, -0.1) is 0 Å². The average Bonchev–Trinajstić information content (AvgIpc) is 3.27. The number of morpholine rings is 1. The number of hydrogen-bond acceptors (Lipinski definition) is 5. The summed E-state index contributed by atoms with van der Waals surface area (Å²) in [5.41, 5.74) is 4.70. The Balaban J connectivity index is 1.45. The lowest BCUT2D eigenvalue weighted by Crippen LogP contribution is -2.37. The predicted molar refractivity (Wildman–Crippen MR) is 93.3 cm³/mol. The molecule has 0 unspecified atom stereocenters. The van der Waals surface area contributed by atoms with Crippen LogP contribution in [0.3, 0.4) is 0 Å². The molecule has 0 radical (unpaired) electrons. The Morgan fingerprint density at radius 1 is 1.28 bits per heavy atom. The van der Waals surface area contributed by atoms with Crippen LogP contribution in [0.1, 0.15) is 22.8 Å². The van der Waals surface area contributed by atoms with Gasteiger partial charge in [0, 0.05) is 38.4 Å². The molecule has 1 atom stereocenters. The maximum Gasteiger partial charge on any atom is 0.138 e. The minimum atomic E-state index is 0.0953. The molecule has 1 aliphatic rings. The van der Waals surface area contributed by atoms with Crippen molar-refractivity contribution >= 4 is 0 Å². The third kappa shape index (κ3) is 3.47. The van der Waals surface area contributed by atoms with Gasteiger partial charge in [-0.25, -0.2) is 9.67 Å². The maximum absolute atomic E-state index is 5.92. The normalized spacial score (nSPS) is 18.6. The van der Waals surface area contributed by atoms with Gasteiger partial charge in [0.1, 0.15) is 12.7 Å². The van der Waals surface area contributed by atoms with Crippen molar-refractivity contribution in [2.75, 3.05) is 19.7 Å². The second-order valence-corrected chi connectivity index (χ2v) is 6.50. The highest BCUT2D eigenvalue weighted by atomic mass is 16.5. The molecule has 0 amide bonds. The minimum Gasteiger partial charge on any atom is -0.371 e. The van der Waals surface area contributed by atoms with Crippen molar-refractivity contribution in [1.29, 1.82) is 0 Å². The van der Waals surface area contributed by atoms with Crippen LogP contribution in [-0.4, -0.2) is 49.1 Å². The molecule has 7 heteroatoms. The van der Waals surface area contributed by atoms with Crippen LogP contribution in [0.5, 0.6) is 0 Å². The van der Waals surface area contributed by atoms with E-state index in [1.165, 1.54) is 11.1 Å². The van der Waals surface area contributed by atoms with Crippen molar-refractivity contribution < 1.29 is 4.74 Å². The van der Waals surface area contributed by atoms with Crippen LogP contribution < -0.4 is 0 Å². The van der Waals surface area contributed by atoms with Crippen molar-refractivity contribution in [2.45, 2.75) is 19.6 Å². The van der Waals surface area contributed by atoms with E-state index in [0.29, 0.717) is 0 Å². The van der Waals surface area contributed by atoms with Gasteiger partial charge in [-0.05, 0) is 24.1 Å². The number of aromatic nitrogens is 5. The lowest BCUT2D eigenvalue weighted by atomic mass is 10.1. The molecule has 25 heavy (non-hydrogen) atoms. The molecular weight excluding hydrogens is 316 g/mol. The summed E-state index contributed by atoms with van der Waals surface area (Å²) in [7, 11) is 1.93. The molecule has 1 aliphatic heterocycles. The lowest BCUT2D eigenvalue weighted by Gasteiger charge is -2.32. The van der Waals surface area contributed by atoms with Gasteiger partial charge in [0.2, 0.25) is 0 Å². The summed E-state index contributed by atoms with van der Waals surface area (Å²) in [5, 5.41) is 8.46. The third-order valence-electron chi connectivity index (χ3n) is 4.58. The summed E-state index contributed by atoms with van der Waals surface area (Å²) in [6.07, 6.45) is 7.30. The first-order valence-corrected chi connectivity index (χ1v) is 8.46. The Labute approximate surface area is 146 Å². The van der Waals surface area contributed by atoms with Gasteiger partial charge in [-0.1, -0.05) is 12.1 Å². The van der Waals surface area contributed by atoms with Crippen molar-refractivity contribution in [3.05, 3.63) is 59.9 Å². The van der Waals surface area contributed by atoms with Crippen LogP contribution in [0.15, 0.2) is 43.2 Å². The zero-order chi connectivity index (χ0) is 17.2. The smallest absolute Gasteiger partial charge is 0.138 e. The zero-order valence-electron chi connectivity index (χ0n) is 14.5. The average molecular weight is 338 g/mol. The number of benzene rings is 1. The Bertz CT molecular complexity index is 841. The topological polar surface area (TPSA) is 61.0 Å². The van der Waals surface area contributed by atoms with Gasteiger partial charge in [0.15, 0.2) is 0 Å². The molecule has 3 aromatic rings. The number of nitrogens with zero attached hydrogens (tertiary/aromatic N) is 6. The molecule has 130 valence electrons. The third-order valence-corrected chi connectivity index (χ3v) is 4.58. The molecule has 2 aromatic heterocycles. The van der Waals surface area contributed by atoms with Crippen LogP contribution in [0.25, 0.3) is 5.69 Å². The molecule has 0 bridgehead atoms. The Hall–Kier alpha value is -2.51. The molecule has 7 nitrogen and oxygen atoms in total. The minimum absolute atomic E-state index is 0.0953. The van der Waals surface area contributed by atoms with Crippen molar-refractivity contribution in [2.24, 2.45) is 7.05 Å². The van der Waals surface area contributed by atoms with Gasteiger partial charge in [0.05, 0.1) is 24.6 Å². The van der Waals surface area contributed by atoms with Crippen molar-refractivity contribution in [1.82, 2.24) is 29.4 Å². The molecular formula is C18H22N6O. The summed E-state index contributed by atoms with van der Waals surface area (Å²) >= 11 is 0. The largest absolute Gasteiger partial charge is 0.371 e. The fraction of sp³-hybridized carbons (Fsp3) is 0.389. The van der Waals surface area contributed by atoms with E-state index < -0.39 is 0 Å². The first-order valence-electron chi connectivity index (χ1n) is 8.46. The van der Waals surface area contributed by atoms with Crippen LogP contribution in [-0.2, 0) is 18.3 Å². The van der Waals surface area contributed by atoms with Crippen LogP contribution in [0, 0.1) is 6.92 Å². The highest BCUT2D eigenvalue weighted by Gasteiger charge is 2.23. The molecule has 0 saturated carbocycles. The first-order chi connectivity index (χ1) is 12.2. The fourth-order valence-corrected chi connectivity index (χ4v) is 3.32. The van der Waals surface area contributed by atoms with Crippen molar-refractivity contribution in [3.63, 3.8) is 0 Å². The van der Waals surface area contributed by atoms with Crippen molar-refractivity contribution in [3.8, 4) is 5.69 Å². The van der Waals surface area contributed by atoms with E-state index in [-0.39, 0.29) is 6.10 Å². The van der Waals surface area contributed by atoms with Gasteiger partial charge >= 0.3 is 0 Å².